The maximum atomic E-state index is 10.9. The van der Waals surface area contributed by atoms with E-state index < -0.39 is 16.1 Å². The highest BCUT2D eigenvalue weighted by Gasteiger charge is 2.04. The van der Waals surface area contributed by atoms with Crippen LogP contribution < -0.4 is 0 Å². The van der Waals surface area contributed by atoms with Gasteiger partial charge in [-0.25, -0.2) is 9.59 Å². The minimum atomic E-state index is -3.90. The minimum absolute atomic E-state index is 0.249. The van der Waals surface area contributed by atoms with Gasteiger partial charge in [0, 0.05) is 11.6 Å². The predicted molar refractivity (Wildman–Crippen MR) is 84.9 cm³/mol. The van der Waals surface area contributed by atoms with Gasteiger partial charge >= 0.3 is 11.9 Å². The van der Waals surface area contributed by atoms with Crippen molar-refractivity contribution in [3.63, 3.8) is 0 Å². The van der Waals surface area contributed by atoms with Crippen LogP contribution in [0.4, 0.5) is 0 Å². The topological polar surface area (TPSA) is 118 Å². The quantitative estimate of drug-likeness (QED) is 0.317. The Kier molecular flexibility index (Phi) is 17.6. The Bertz CT molecular complexity index is 452. The molecule has 0 aromatic heterocycles. The molecule has 0 atom stereocenters. The van der Waals surface area contributed by atoms with Crippen molar-refractivity contribution in [2.75, 3.05) is 6.61 Å². The molecule has 0 bridgehead atoms. The van der Waals surface area contributed by atoms with Crippen molar-refractivity contribution < 1.29 is 32.4 Å². The Morgan fingerprint density at radius 1 is 1.23 bits per heavy atom. The molecule has 0 aromatic rings. The van der Waals surface area contributed by atoms with Crippen LogP contribution in [0.25, 0.3) is 0 Å². The first-order chi connectivity index (χ1) is 10.0. The third-order valence-electron chi connectivity index (χ3n) is 1.83. The van der Waals surface area contributed by atoms with Crippen molar-refractivity contribution in [3.8, 4) is 0 Å². The van der Waals surface area contributed by atoms with Crippen molar-refractivity contribution in [1.29, 1.82) is 0 Å². The molecule has 0 radical (unpaired) electrons. The second kappa shape index (κ2) is 15.5. The van der Waals surface area contributed by atoms with E-state index in [4.69, 9.17) is 14.4 Å². The van der Waals surface area contributed by atoms with Crippen LogP contribution in [0.3, 0.4) is 0 Å². The van der Waals surface area contributed by atoms with Gasteiger partial charge in [0.25, 0.3) is 10.1 Å². The summed E-state index contributed by atoms with van der Waals surface area (Å²) in [5.41, 5.74) is 0.557. The monoisotopic (exact) mass is 336 g/mol. The standard InChI is InChI=1S/C9H16O2.C3H4O2.C2H4O3S/c1-4-6-7-11-9(10)8(3)5-2;1-2-3(4)5;1-2-6(3,4)5/h3-7H2,1-2H3;2H,1H2,(H,4,5);2H,1H2,(H,3,4,5). The lowest BCUT2D eigenvalue weighted by Gasteiger charge is -2.03. The molecular weight excluding hydrogens is 312 g/mol. The van der Waals surface area contributed by atoms with Gasteiger partial charge in [-0.15, -0.1) is 0 Å². The molecule has 7 nitrogen and oxygen atoms in total. The first-order valence-electron chi connectivity index (χ1n) is 6.35. The number of rotatable bonds is 7. The van der Waals surface area contributed by atoms with E-state index >= 15 is 0 Å². The van der Waals surface area contributed by atoms with Crippen LogP contribution in [0.15, 0.2) is 36.8 Å². The molecule has 0 aliphatic rings. The van der Waals surface area contributed by atoms with E-state index in [0.717, 1.165) is 18.9 Å². The molecule has 0 saturated heterocycles. The van der Waals surface area contributed by atoms with Gasteiger partial charge in [-0.1, -0.05) is 40.0 Å². The largest absolute Gasteiger partial charge is 0.478 e. The molecule has 0 saturated carbocycles. The number of aliphatic carboxylic acids is 1. The molecule has 0 heterocycles. The van der Waals surface area contributed by atoms with E-state index in [1.54, 1.807) is 0 Å². The smallest absolute Gasteiger partial charge is 0.333 e. The van der Waals surface area contributed by atoms with Gasteiger partial charge in [0.2, 0.25) is 0 Å². The van der Waals surface area contributed by atoms with E-state index in [2.05, 4.69) is 26.7 Å². The third-order valence-corrected chi connectivity index (χ3v) is 2.25. The highest BCUT2D eigenvalue weighted by atomic mass is 32.2. The first kappa shape index (κ1) is 25.0. The predicted octanol–water partition coefficient (Wildman–Crippen LogP) is 2.57. The summed E-state index contributed by atoms with van der Waals surface area (Å²) in [5.74, 6) is -1.23. The van der Waals surface area contributed by atoms with Crippen LogP contribution in [0.2, 0.25) is 0 Å². The van der Waals surface area contributed by atoms with Crippen LogP contribution in [-0.4, -0.2) is 36.6 Å². The number of hydrogen-bond acceptors (Lipinski definition) is 5. The summed E-state index contributed by atoms with van der Waals surface area (Å²) >= 11 is 0. The summed E-state index contributed by atoms with van der Waals surface area (Å²) in [6, 6.07) is 0. The summed E-state index contributed by atoms with van der Waals surface area (Å²) < 4.78 is 31.5. The van der Waals surface area contributed by atoms with Crippen LogP contribution in [-0.2, 0) is 24.4 Å². The van der Waals surface area contributed by atoms with Crippen molar-refractivity contribution >= 4 is 22.1 Å². The zero-order valence-electron chi connectivity index (χ0n) is 12.9. The molecule has 0 fully saturated rings. The Morgan fingerprint density at radius 2 is 1.64 bits per heavy atom. The zero-order chi connectivity index (χ0) is 18.2. The molecule has 128 valence electrons. The van der Waals surface area contributed by atoms with Gasteiger partial charge in [0.1, 0.15) is 0 Å². The first-order valence-corrected chi connectivity index (χ1v) is 7.86. The Balaban J connectivity index is -0.000000277. The van der Waals surface area contributed by atoms with Gasteiger partial charge in [-0.2, -0.15) is 8.42 Å². The molecule has 0 amide bonds. The fourth-order valence-electron chi connectivity index (χ4n) is 0.556. The summed E-state index contributed by atoms with van der Waals surface area (Å²) in [6.07, 6.45) is 3.49. The molecule has 0 unspecified atom stereocenters. The molecule has 0 rings (SSSR count). The average molecular weight is 336 g/mol. The average Bonchev–Trinajstić information content (AvgIpc) is 2.46. The van der Waals surface area contributed by atoms with Crippen LogP contribution in [0.1, 0.15) is 33.1 Å². The van der Waals surface area contributed by atoms with Crippen molar-refractivity contribution in [2.24, 2.45) is 0 Å². The maximum absolute atomic E-state index is 10.9. The third kappa shape index (κ3) is 26.6. The normalized spacial score (nSPS) is 9.05. The number of carboxylic acids is 1. The fourth-order valence-corrected chi connectivity index (χ4v) is 0.556. The summed E-state index contributed by atoms with van der Waals surface area (Å²) in [7, 11) is -3.90. The number of carbonyl (C=O) groups excluding carboxylic acids is 1. The van der Waals surface area contributed by atoms with Crippen molar-refractivity contribution in [2.45, 2.75) is 33.1 Å². The second-order valence-corrected chi connectivity index (χ2v) is 5.03. The van der Waals surface area contributed by atoms with E-state index in [9.17, 15) is 18.0 Å². The molecule has 8 heteroatoms. The van der Waals surface area contributed by atoms with Crippen LogP contribution in [0.5, 0.6) is 0 Å². The van der Waals surface area contributed by atoms with E-state index in [1.165, 1.54) is 0 Å². The number of carboxylic acid groups (broad SMARTS) is 1. The summed E-state index contributed by atoms with van der Waals surface area (Å²) in [4.78, 5) is 20.2. The maximum Gasteiger partial charge on any atom is 0.333 e. The van der Waals surface area contributed by atoms with Gasteiger partial charge < -0.3 is 9.84 Å². The number of unbranched alkanes of at least 4 members (excludes halogenated alkanes) is 1. The zero-order valence-corrected chi connectivity index (χ0v) is 13.8. The fraction of sp³-hybridized carbons (Fsp3) is 0.429. The van der Waals surface area contributed by atoms with Crippen LogP contribution in [0, 0.1) is 0 Å². The second-order valence-electron chi connectivity index (χ2n) is 3.67. The molecule has 0 spiro atoms. The Morgan fingerprint density at radius 3 is 1.86 bits per heavy atom. The number of esters is 1. The highest BCUT2D eigenvalue weighted by Crippen LogP contribution is 2.00. The Hall–Kier alpha value is -1.93. The number of ether oxygens (including phenoxy) is 1. The lowest BCUT2D eigenvalue weighted by atomic mass is 10.2. The van der Waals surface area contributed by atoms with Crippen molar-refractivity contribution in [3.05, 3.63) is 36.8 Å². The van der Waals surface area contributed by atoms with Crippen LogP contribution >= 0.6 is 0 Å². The molecule has 22 heavy (non-hydrogen) atoms. The molecule has 0 aliphatic carbocycles. The summed E-state index contributed by atoms with van der Waals surface area (Å²) in [5, 5.41) is 8.07. The van der Waals surface area contributed by atoms with Gasteiger partial charge in [-0.05, 0) is 12.8 Å². The van der Waals surface area contributed by atoms with Crippen molar-refractivity contribution in [1.82, 2.24) is 0 Å². The lowest BCUT2D eigenvalue weighted by Crippen LogP contribution is -2.07. The van der Waals surface area contributed by atoms with Gasteiger partial charge in [-0.3, -0.25) is 4.55 Å². The molecule has 2 N–H and O–H groups in total. The number of carbonyl (C=O) groups is 2. The SMILES string of the molecule is C=C(CC)C(=O)OCCCC.C=CC(=O)O.C=CS(=O)(=O)O. The van der Waals surface area contributed by atoms with Gasteiger partial charge in [0.15, 0.2) is 0 Å². The lowest BCUT2D eigenvalue weighted by molar-refractivity contribution is -0.139. The molecule has 0 aromatic carbocycles. The Labute approximate surface area is 131 Å². The van der Waals surface area contributed by atoms with E-state index in [1.807, 2.05) is 6.92 Å². The van der Waals surface area contributed by atoms with E-state index in [-0.39, 0.29) is 5.97 Å². The van der Waals surface area contributed by atoms with E-state index in [0.29, 0.717) is 24.0 Å². The number of hydrogen-bond donors (Lipinski definition) is 2. The van der Waals surface area contributed by atoms with Gasteiger partial charge in [0.05, 0.1) is 12.0 Å². The minimum Gasteiger partial charge on any atom is -0.478 e. The molecule has 0 aliphatic heterocycles. The highest BCUT2D eigenvalue weighted by molar-refractivity contribution is 7.88. The summed E-state index contributed by atoms with van der Waals surface area (Å²) in [6.45, 7) is 13.8. The molecular formula is C14H24O7S.